The smallest absolute Gasteiger partial charge is 0.231 e. The summed E-state index contributed by atoms with van der Waals surface area (Å²) in [5.41, 5.74) is 5.60. The number of aryl methyl sites for hydroxylation is 1. The molecule has 147 valence electrons. The Kier molecular flexibility index (Phi) is 10.8. The van der Waals surface area contributed by atoms with E-state index in [4.69, 9.17) is 0 Å². The van der Waals surface area contributed by atoms with Gasteiger partial charge < -0.3 is 15.5 Å². The van der Waals surface area contributed by atoms with Gasteiger partial charge in [0.15, 0.2) is 0 Å². The average molecular weight is 630 g/mol. The van der Waals surface area contributed by atoms with E-state index < -0.39 is 0 Å². The van der Waals surface area contributed by atoms with Crippen molar-refractivity contribution in [1.82, 2.24) is 0 Å². The molecular formula is C23H23N3OWY-2. The molecule has 0 heterocycles. The van der Waals surface area contributed by atoms with Gasteiger partial charge in [-0.05, 0) is 24.6 Å². The Morgan fingerprint density at radius 3 is 2.45 bits per heavy atom. The van der Waals surface area contributed by atoms with Gasteiger partial charge in [-0.15, -0.1) is 11.6 Å². The van der Waals surface area contributed by atoms with Crippen molar-refractivity contribution in [3.63, 3.8) is 0 Å². The molecular weight excluding hydrogens is 607 g/mol. The van der Waals surface area contributed by atoms with Crippen LogP contribution in [0.4, 0.5) is 17.1 Å². The summed E-state index contributed by atoms with van der Waals surface area (Å²) in [6, 6.07) is 25.2. The van der Waals surface area contributed by atoms with E-state index in [0.717, 1.165) is 22.6 Å². The molecule has 0 atom stereocenters. The third-order valence-electron chi connectivity index (χ3n) is 4.30. The average Bonchev–Trinajstić information content (AvgIpc) is 2.69. The number of hydrogen-bond acceptors (Lipinski definition) is 3. The van der Waals surface area contributed by atoms with Gasteiger partial charge in [0.25, 0.3) is 0 Å². The Balaban J connectivity index is 0.00000210. The van der Waals surface area contributed by atoms with Crippen LogP contribution in [-0.4, -0.2) is 20.0 Å². The summed E-state index contributed by atoms with van der Waals surface area (Å²) in [4.78, 5) is 14.4. The fourth-order valence-corrected chi connectivity index (χ4v) is 2.67. The van der Waals surface area contributed by atoms with E-state index in [0.29, 0.717) is 12.1 Å². The largest absolute Gasteiger partial charge is 0.400 e. The summed E-state index contributed by atoms with van der Waals surface area (Å²) >= 11 is 0. The molecule has 4 nitrogen and oxygen atoms in total. The molecule has 1 amide bonds. The van der Waals surface area contributed by atoms with Crippen LogP contribution >= 0.6 is 0 Å². The van der Waals surface area contributed by atoms with E-state index in [-0.39, 0.29) is 59.7 Å². The van der Waals surface area contributed by atoms with Crippen molar-refractivity contribution in [2.75, 3.05) is 29.6 Å². The zero-order chi connectivity index (χ0) is 19.2. The van der Waals surface area contributed by atoms with Crippen molar-refractivity contribution in [2.45, 2.75) is 13.5 Å². The molecule has 0 aliphatic carbocycles. The zero-order valence-electron chi connectivity index (χ0n) is 16.8. The Bertz CT molecular complexity index is 932. The van der Waals surface area contributed by atoms with Crippen LogP contribution in [0.15, 0.2) is 60.7 Å². The molecule has 0 spiro atoms. The molecule has 0 unspecified atom stereocenters. The number of hydrogen-bond donors (Lipinski definition) is 2. The Hall–Kier alpha value is -1.48. The Morgan fingerprint density at radius 2 is 1.76 bits per heavy atom. The fourth-order valence-electron chi connectivity index (χ4n) is 2.67. The third-order valence-corrected chi connectivity index (χ3v) is 4.30. The zero-order valence-corrected chi connectivity index (χ0v) is 22.6. The van der Waals surface area contributed by atoms with Crippen LogP contribution in [0.2, 0.25) is 0 Å². The van der Waals surface area contributed by atoms with Crippen LogP contribution in [0, 0.1) is 19.1 Å². The third kappa shape index (κ3) is 7.37. The molecule has 6 heteroatoms. The van der Waals surface area contributed by atoms with Gasteiger partial charge in [0.2, 0.25) is 5.91 Å². The second-order valence-corrected chi connectivity index (χ2v) is 6.60. The molecule has 0 saturated heterocycles. The maximum atomic E-state index is 12.4. The minimum absolute atomic E-state index is 0. The van der Waals surface area contributed by atoms with Gasteiger partial charge in [0.1, 0.15) is 0 Å². The monoisotopic (exact) mass is 630 g/mol. The quantitative estimate of drug-likeness (QED) is 0.394. The van der Waals surface area contributed by atoms with Gasteiger partial charge in [0, 0.05) is 85.8 Å². The van der Waals surface area contributed by atoms with Crippen LogP contribution in [0.5, 0.6) is 0 Å². The molecule has 0 aromatic heterocycles. The molecule has 3 aromatic carbocycles. The number of anilines is 3. The van der Waals surface area contributed by atoms with E-state index in [1.54, 1.807) is 24.3 Å². The normalized spacial score (nSPS) is 9.62. The first kappa shape index (κ1) is 25.6. The number of rotatable bonds is 6. The van der Waals surface area contributed by atoms with Crippen LogP contribution in [-0.2, 0) is 60.3 Å². The molecule has 0 aliphatic rings. The van der Waals surface area contributed by atoms with Crippen LogP contribution < -0.4 is 15.5 Å². The molecule has 3 rings (SSSR count). The van der Waals surface area contributed by atoms with Crippen LogP contribution in [0.3, 0.4) is 0 Å². The summed E-state index contributed by atoms with van der Waals surface area (Å²) in [5.74, 6) is -0.126. The molecule has 0 aliphatic heterocycles. The van der Waals surface area contributed by atoms with Gasteiger partial charge in [-0.3, -0.25) is 4.79 Å². The Labute approximate surface area is 212 Å². The standard InChI is InChI=1S/C23H23N3O.W.Y/c1-17-12-13-20(24-16-18-8-7-11-21(14-18)26(2)3)15-22(17)25-23(27)19-9-5-4-6-10-19;;/h5-10,12-15,24H,16H2,1-3H3,(H,25,27);;/q-2;;. The molecule has 0 bridgehead atoms. The molecule has 3 aromatic rings. The number of benzene rings is 3. The maximum absolute atomic E-state index is 12.4. The molecule has 2 N–H and O–H groups in total. The van der Waals surface area contributed by atoms with Gasteiger partial charge in [0.05, 0.1) is 0 Å². The van der Waals surface area contributed by atoms with E-state index in [1.165, 1.54) is 5.56 Å². The molecule has 1 radical (unpaired) electrons. The molecule has 29 heavy (non-hydrogen) atoms. The summed E-state index contributed by atoms with van der Waals surface area (Å²) in [6.45, 7) is 2.68. The number of carbonyl (C=O) groups is 1. The summed E-state index contributed by atoms with van der Waals surface area (Å²) in [5, 5.41) is 6.40. The van der Waals surface area contributed by atoms with Crippen molar-refractivity contribution >= 4 is 23.0 Å². The fraction of sp³-hybridized carbons (Fsp3) is 0.174. The minimum atomic E-state index is -0.126. The number of nitrogens with zero attached hydrogens (tertiary/aromatic N) is 1. The second kappa shape index (κ2) is 12.3. The van der Waals surface area contributed by atoms with E-state index in [1.807, 2.05) is 56.3 Å². The number of amides is 1. The van der Waals surface area contributed by atoms with Crippen LogP contribution in [0.1, 0.15) is 21.5 Å². The second-order valence-electron chi connectivity index (χ2n) is 6.60. The summed E-state index contributed by atoms with van der Waals surface area (Å²) in [6.07, 6.45) is 0. The number of nitrogens with one attached hydrogen (secondary N) is 2. The van der Waals surface area contributed by atoms with E-state index >= 15 is 0 Å². The maximum Gasteiger partial charge on any atom is 0.231 e. The Morgan fingerprint density at radius 1 is 1.03 bits per heavy atom. The SMILES string of the molecule is Cc1ccc(NCc2cc[c-]c(N(C)C)c2)cc1NC(=O)c1cc[c-]cc1.[W].[Y]. The van der Waals surface area contributed by atoms with Crippen LogP contribution in [0.25, 0.3) is 0 Å². The summed E-state index contributed by atoms with van der Waals surface area (Å²) < 4.78 is 0. The first-order chi connectivity index (χ1) is 13.0. The predicted octanol–water partition coefficient (Wildman–Crippen LogP) is 4.52. The topological polar surface area (TPSA) is 44.4 Å². The predicted molar refractivity (Wildman–Crippen MR) is 111 cm³/mol. The minimum Gasteiger partial charge on any atom is -0.400 e. The van der Waals surface area contributed by atoms with Crippen molar-refractivity contribution in [2.24, 2.45) is 0 Å². The first-order valence-corrected chi connectivity index (χ1v) is 8.83. The molecule has 0 saturated carbocycles. The van der Waals surface area contributed by atoms with E-state index in [9.17, 15) is 4.79 Å². The van der Waals surface area contributed by atoms with E-state index in [2.05, 4.69) is 28.8 Å². The number of carbonyl (C=O) groups excluding carboxylic acids is 1. The van der Waals surface area contributed by atoms with Gasteiger partial charge in [-0.1, -0.05) is 17.3 Å². The summed E-state index contributed by atoms with van der Waals surface area (Å²) in [7, 11) is 4.01. The van der Waals surface area contributed by atoms with Crippen molar-refractivity contribution < 1.29 is 58.6 Å². The first-order valence-electron chi connectivity index (χ1n) is 8.83. The van der Waals surface area contributed by atoms with Crippen molar-refractivity contribution in [3.05, 3.63) is 89.5 Å². The molecule has 0 fully saturated rings. The van der Waals surface area contributed by atoms with Gasteiger partial charge in [-0.25, -0.2) is 0 Å². The van der Waals surface area contributed by atoms with Crippen molar-refractivity contribution in [3.8, 4) is 0 Å². The van der Waals surface area contributed by atoms with Gasteiger partial charge >= 0.3 is 0 Å². The van der Waals surface area contributed by atoms with Crippen molar-refractivity contribution in [1.29, 1.82) is 0 Å². The van der Waals surface area contributed by atoms with Gasteiger partial charge in [-0.2, -0.15) is 48.5 Å².